The summed E-state index contributed by atoms with van der Waals surface area (Å²) in [5, 5.41) is 13.9. The number of carbonyl (C=O) groups is 1. The fourth-order valence-electron chi connectivity index (χ4n) is 2.23. The lowest BCUT2D eigenvalue weighted by atomic mass is 10.1. The van der Waals surface area contributed by atoms with E-state index in [0.29, 0.717) is 18.1 Å². The Balaban J connectivity index is 2.36. The number of hydrogen-bond donors (Lipinski definition) is 1. The predicted octanol–water partition coefficient (Wildman–Crippen LogP) is 4.22. The zero-order valence-corrected chi connectivity index (χ0v) is 14.7. The molecule has 0 atom stereocenters. The zero-order valence-electron chi connectivity index (χ0n) is 14.0. The van der Waals surface area contributed by atoms with Crippen molar-refractivity contribution in [3.63, 3.8) is 0 Å². The van der Waals surface area contributed by atoms with Gasteiger partial charge in [0.2, 0.25) is 0 Å². The molecule has 8 heteroatoms. The zero-order chi connectivity index (χ0) is 18.6. The van der Waals surface area contributed by atoms with Crippen molar-refractivity contribution in [3.8, 4) is 11.5 Å². The molecular formula is C17H17ClN2O5. The van der Waals surface area contributed by atoms with Gasteiger partial charge < -0.3 is 14.8 Å². The van der Waals surface area contributed by atoms with Gasteiger partial charge >= 0.3 is 0 Å². The van der Waals surface area contributed by atoms with E-state index in [0.717, 1.165) is 5.56 Å². The second-order valence-corrected chi connectivity index (χ2v) is 5.56. The number of amides is 1. The molecule has 1 amide bonds. The lowest BCUT2D eigenvalue weighted by molar-refractivity contribution is -0.384. The number of rotatable bonds is 6. The first-order valence-electron chi connectivity index (χ1n) is 7.44. The Morgan fingerprint density at radius 2 is 2.04 bits per heavy atom. The Morgan fingerprint density at radius 1 is 1.32 bits per heavy atom. The minimum absolute atomic E-state index is 0.101. The van der Waals surface area contributed by atoms with E-state index in [-0.39, 0.29) is 22.0 Å². The first-order chi connectivity index (χ1) is 11.9. The third kappa shape index (κ3) is 4.19. The molecule has 0 aliphatic heterocycles. The Kier molecular flexibility index (Phi) is 5.82. The highest BCUT2D eigenvalue weighted by molar-refractivity contribution is 6.32. The highest BCUT2D eigenvalue weighted by atomic mass is 35.5. The van der Waals surface area contributed by atoms with Gasteiger partial charge in [-0.2, -0.15) is 0 Å². The van der Waals surface area contributed by atoms with Crippen LogP contribution in [-0.4, -0.2) is 24.5 Å². The summed E-state index contributed by atoms with van der Waals surface area (Å²) in [7, 11) is 1.43. The first kappa shape index (κ1) is 18.5. The smallest absolute Gasteiger partial charge is 0.293 e. The summed E-state index contributed by atoms with van der Waals surface area (Å²) in [4.78, 5) is 23.1. The first-order valence-corrected chi connectivity index (χ1v) is 7.81. The van der Waals surface area contributed by atoms with Crippen molar-refractivity contribution in [2.24, 2.45) is 0 Å². The molecule has 0 radical (unpaired) electrons. The monoisotopic (exact) mass is 364 g/mol. The number of nitro groups is 1. The second-order valence-electron chi connectivity index (χ2n) is 5.15. The van der Waals surface area contributed by atoms with Crippen molar-refractivity contribution in [1.82, 2.24) is 0 Å². The molecule has 7 nitrogen and oxygen atoms in total. The van der Waals surface area contributed by atoms with Crippen LogP contribution in [-0.2, 0) is 0 Å². The number of nitro benzene ring substituents is 1. The van der Waals surface area contributed by atoms with Crippen LogP contribution in [0.5, 0.6) is 11.5 Å². The number of methoxy groups -OCH3 is 1. The summed E-state index contributed by atoms with van der Waals surface area (Å²) in [6.45, 7) is 3.92. The van der Waals surface area contributed by atoms with E-state index in [9.17, 15) is 14.9 Å². The average molecular weight is 365 g/mol. The predicted molar refractivity (Wildman–Crippen MR) is 95.0 cm³/mol. The molecule has 0 fully saturated rings. The molecule has 0 aliphatic rings. The van der Waals surface area contributed by atoms with Crippen LogP contribution in [0, 0.1) is 17.0 Å². The molecule has 0 saturated heterocycles. The minimum atomic E-state index is -0.547. The van der Waals surface area contributed by atoms with Crippen molar-refractivity contribution in [2.45, 2.75) is 13.8 Å². The van der Waals surface area contributed by atoms with E-state index < -0.39 is 10.8 Å². The summed E-state index contributed by atoms with van der Waals surface area (Å²) in [6.07, 6.45) is 0. The minimum Gasteiger partial charge on any atom is -0.493 e. The highest BCUT2D eigenvalue weighted by Gasteiger charge is 2.19. The molecule has 2 aromatic carbocycles. The number of ether oxygens (including phenoxy) is 2. The van der Waals surface area contributed by atoms with Crippen LogP contribution in [0.4, 0.5) is 11.4 Å². The Bertz CT molecular complexity index is 823. The number of nitrogens with zero attached hydrogens (tertiary/aromatic N) is 1. The molecule has 0 aliphatic carbocycles. The van der Waals surface area contributed by atoms with Gasteiger partial charge in [0.1, 0.15) is 5.69 Å². The largest absolute Gasteiger partial charge is 0.493 e. The normalized spacial score (nSPS) is 10.2. The lowest BCUT2D eigenvalue weighted by Gasteiger charge is -2.13. The molecule has 0 bridgehead atoms. The third-order valence-corrected chi connectivity index (χ3v) is 3.66. The number of anilines is 1. The van der Waals surface area contributed by atoms with Crippen molar-refractivity contribution in [3.05, 3.63) is 56.6 Å². The van der Waals surface area contributed by atoms with Crippen LogP contribution in [0.3, 0.4) is 0 Å². The van der Waals surface area contributed by atoms with E-state index in [1.807, 2.05) is 0 Å². The Hall–Kier alpha value is -2.80. The molecule has 0 heterocycles. The number of carbonyl (C=O) groups excluding carboxylic acids is 1. The second kappa shape index (κ2) is 7.85. The Morgan fingerprint density at radius 3 is 2.64 bits per heavy atom. The van der Waals surface area contributed by atoms with Crippen LogP contribution in [0.2, 0.25) is 5.02 Å². The third-order valence-electron chi connectivity index (χ3n) is 3.38. The van der Waals surface area contributed by atoms with E-state index in [1.165, 1.54) is 31.4 Å². The average Bonchev–Trinajstić information content (AvgIpc) is 2.57. The number of aryl methyl sites for hydroxylation is 1. The van der Waals surface area contributed by atoms with Gasteiger partial charge in [0.15, 0.2) is 11.5 Å². The summed E-state index contributed by atoms with van der Waals surface area (Å²) >= 11 is 6.15. The molecule has 2 rings (SSSR count). The highest BCUT2D eigenvalue weighted by Crippen LogP contribution is 2.37. The van der Waals surface area contributed by atoms with Gasteiger partial charge in [-0.1, -0.05) is 17.7 Å². The van der Waals surface area contributed by atoms with Gasteiger partial charge in [-0.3, -0.25) is 14.9 Å². The van der Waals surface area contributed by atoms with Gasteiger partial charge in [-0.25, -0.2) is 0 Å². The molecule has 2 aromatic rings. The maximum Gasteiger partial charge on any atom is 0.293 e. The molecule has 132 valence electrons. The van der Waals surface area contributed by atoms with Crippen LogP contribution in [0.25, 0.3) is 0 Å². The molecule has 0 aromatic heterocycles. The lowest BCUT2D eigenvalue weighted by Crippen LogP contribution is -2.13. The maximum absolute atomic E-state index is 12.5. The van der Waals surface area contributed by atoms with Crippen molar-refractivity contribution in [1.29, 1.82) is 0 Å². The number of hydrogen-bond acceptors (Lipinski definition) is 5. The fourth-order valence-corrected chi connectivity index (χ4v) is 2.49. The van der Waals surface area contributed by atoms with Crippen LogP contribution in [0.1, 0.15) is 22.8 Å². The molecule has 0 spiro atoms. The van der Waals surface area contributed by atoms with Gasteiger partial charge in [0.05, 0.1) is 23.7 Å². The van der Waals surface area contributed by atoms with E-state index in [2.05, 4.69) is 5.32 Å². The molecule has 0 unspecified atom stereocenters. The molecule has 1 N–H and O–H groups in total. The quantitative estimate of drug-likeness (QED) is 0.612. The number of halogens is 1. The van der Waals surface area contributed by atoms with Crippen molar-refractivity contribution in [2.75, 3.05) is 19.0 Å². The summed E-state index contributed by atoms with van der Waals surface area (Å²) < 4.78 is 10.6. The number of nitrogens with one attached hydrogen (secondary N) is 1. The summed E-state index contributed by atoms with van der Waals surface area (Å²) in [5.74, 6) is 0.0950. The van der Waals surface area contributed by atoms with E-state index >= 15 is 0 Å². The van der Waals surface area contributed by atoms with Crippen molar-refractivity contribution >= 4 is 28.9 Å². The maximum atomic E-state index is 12.5. The molecule has 0 saturated carbocycles. The van der Waals surface area contributed by atoms with E-state index in [1.54, 1.807) is 19.9 Å². The van der Waals surface area contributed by atoms with Crippen LogP contribution in [0.15, 0.2) is 30.3 Å². The fraction of sp³-hybridized carbons (Fsp3) is 0.235. The molecular weight excluding hydrogens is 348 g/mol. The van der Waals surface area contributed by atoms with Gasteiger partial charge in [-0.15, -0.1) is 0 Å². The van der Waals surface area contributed by atoms with Crippen molar-refractivity contribution < 1.29 is 19.2 Å². The Labute approximate surface area is 149 Å². The standard InChI is InChI=1S/C17H17ClN2O5/c1-4-25-16-12(18)8-11(9-15(16)24-3)17(21)19-13-6-5-10(2)7-14(13)20(22)23/h5-9H,4H2,1-3H3,(H,19,21). The van der Waals surface area contributed by atoms with E-state index in [4.69, 9.17) is 21.1 Å². The summed E-state index contributed by atoms with van der Waals surface area (Å²) in [5.41, 5.74) is 0.831. The van der Waals surface area contributed by atoms with Gasteiger partial charge in [-0.05, 0) is 37.6 Å². The van der Waals surface area contributed by atoms with Crippen LogP contribution >= 0.6 is 11.6 Å². The molecule has 25 heavy (non-hydrogen) atoms. The number of benzene rings is 2. The van der Waals surface area contributed by atoms with Crippen LogP contribution < -0.4 is 14.8 Å². The SMILES string of the molecule is CCOc1c(Cl)cc(C(=O)Nc2ccc(C)cc2[N+](=O)[O-])cc1OC. The van der Waals surface area contributed by atoms with Gasteiger partial charge in [0, 0.05) is 11.6 Å². The topological polar surface area (TPSA) is 90.7 Å². The van der Waals surface area contributed by atoms with Gasteiger partial charge in [0.25, 0.3) is 11.6 Å². The summed E-state index contributed by atoms with van der Waals surface area (Å²) in [6, 6.07) is 7.44.